The lowest BCUT2D eigenvalue weighted by molar-refractivity contribution is -0.157. The Labute approximate surface area is 583 Å². The molecule has 2 aromatic rings. The van der Waals surface area contributed by atoms with E-state index in [0.29, 0.717) is 144 Å². The van der Waals surface area contributed by atoms with Crippen molar-refractivity contribution in [1.82, 2.24) is 39.2 Å². The molecule has 98 heavy (non-hydrogen) atoms. The van der Waals surface area contributed by atoms with Crippen LogP contribution in [-0.2, 0) is 79.6 Å². The predicted octanol–water partition coefficient (Wildman–Crippen LogP) is 5.88. The van der Waals surface area contributed by atoms with Crippen LogP contribution >= 0.6 is 0 Å². The minimum absolute atomic E-state index is 0.0462. The molecule has 0 spiro atoms. The molecular weight excluding hydrogens is 1260 g/mol. The van der Waals surface area contributed by atoms with Crippen molar-refractivity contribution >= 4 is 47.8 Å². The highest BCUT2D eigenvalue weighted by molar-refractivity contribution is 5.78. The molecule has 0 saturated carbocycles. The van der Waals surface area contributed by atoms with Gasteiger partial charge in [-0.3, -0.25) is 77.6 Å². The van der Waals surface area contributed by atoms with Gasteiger partial charge < -0.3 is 48.1 Å². The largest absolute Gasteiger partial charge is 0.494 e. The SMILES string of the molecule is CCCC(C(=O)OCC)N1CCN(CC(=O)O)CCN(C(Cc2ccc(OCC)cc2)C(=O)OCC)CCN(CC(=O)O)CC1.CCCC(C(=O)OCC)N1CCN(CC(=O)OC(C)(C)C)CCN(C(Cc2ccc(OCC)cc2)C(=O)OCC)CCN(CC(=O)OC(C)(C)C)CC1. The van der Waals surface area contributed by atoms with E-state index in [1.54, 1.807) is 27.7 Å². The predicted molar refractivity (Wildman–Crippen MR) is 373 cm³/mol. The van der Waals surface area contributed by atoms with Crippen LogP contribution in [0.2, 0.25) is 0 Å². The van der Waals surface area contributed by atoms with Crippen molar-refractivity contribution in [2.45, 2.75) is 171 Å². The van der Waals surface area contributed by atoms with Gasteiger partial charge in [-0.25, -0.2) is 0 Å². The van der Waals surface area contributed by atoms with Gasteiger partial charge in [0, 0.05) is 105 Å². The molecule has 2 aromatic carbocycles. The Morgan fingerprint density at radius 2 is 0.602 bits per heavy atom. The van der Waals surface area contributed by atoms with Crippen LogP contribution in [0.3, 0.4) is 0 Å². The summed E-state index contributed by atoms with van der Waals surface area (Å²) in [7, 11) is 0. The molecule has 2 saturated heterocycles. The number of aliphatic carboxylic acids is 2. The van der Waals surface area contributed by atoms with Gasteiger partial charge in [0.1, 0.15) is 46.9 Å². The number of benzene rings is 2. The van der Waals surface area contributed by atoms with Gasteiger partial charge in [-0.2, -0.15) is 0 Å². The number of hydrogen-bond acceptors (Lipinski definition) is 24. The zero-order valence-electron chi connectivity index (χ0n) is 61.6. The standard InChI is InChI=1S/C40H68N4O9.C32H52N4O9/c1-11-15-33(37(47)50-13-3)43-24-20-41(29-35(45)52-39(5,6)7)22-26-44(27-23-42(21-25-43)30-36(46)53-40(8,9)10)34(38(48)51-14-4)28-31-16-18-32(19-17-31)49-12-2;1-5-9-27(31(41)44-7-3)35-18-14-33(23-29(37)38)16-20-36(21-17-34(15-19-35)24-30(39)40)28(32(42)45-8-4)22-25-10-12-26(13-11-25)43-6-2/h16-19,33-34H,11-15,20-30H2,1-10H3;10-13,27-28H,5-9,14-24H2,1-4H3,(H,37,38)(H,39,40). The summed E-state index contributed by atoms with van der Waals surface area (Å²) in [6, 6.07) is 13.0. The maximum Gasteiger partial charge on any atom is 0.323 e. The molecule has 2 fully saturated rings. The summed E-state index contributed by atoms with van der Waals surface area (Å²) in [4.78, 5) is 119. The van der Waals surface area contributed by atoms with E-state index in [2.05, 4.69) is 9.80 Å². The number of carbonyl (C=O) groups excluding carboxylic acids is 6. The third-order valence-electron chi connectivity index (χ3n) is 16.3. The Morgan fingerprint density at radius 3 is 0.827 bits per heavy atom. The topological polar surface area (TPSA) is 277 Å². The van der Waals surface area contributed by atoms with E-state index in [4.69, 9.17) is 37.9 Å². The monoisotopic (exact) mass is 1380 g/mol. The first-order valence-electron chi connectivity index (χ1n) is 35.4. The molecule has 2 heterocycles. The molecule has 2 aliphatic rings. The number of carboxylic acids is 2. The van der Waals surface area contributed by atoms with Gasteiger partial charge in [-0.15, -0.1) is 0 Å². The van der Waals surface area contributed by atoms with Crippen molar-refractivity contribution in [3.05, 3.63) is 59.7 Å². The Kier molecular flexibility index (Phi) is 40.2. The Hall–Kier alpha value is -6.52. The van der Waals surface area contributed by atoms with Crippen molar-refractivity contribution in [2.24, 2.45) is 0 Å². The van der Waals surface area contributed by atoms with Crippen LogP contribution in [0.15, 0.2) is 48.5 Å². The molecule has 556 valence electrons. The summed E-state index contributed by atoms with van der Waals surface area (Å²) in [5, 5.41) is 19.4. The Morgan fingerprint density at radius 1 is 0.357 bits per heavy atom. The van der Waals surface area contributed by atoms with Crippen molar-refractivity contribution < 1.29 is 86.5 Å². The van der Waals surface area contributed by atoms with Crippen molar-refractivity contribution in [3.63, 3.8) is 0 Å². The fourth-order valence-electron chi connectivity index (χ4n) is 11.8. The lowest BCUT2D eigenvalue weighted by Gasteiger charge is -2.38. The molecular formula is C72H120N8O18. The highest BCUT2D eigenvalue weighted by Crippen LogP contribution is 2.22. The molecule has 0 aliphatic carbocycles. The molecule has 4 rings (SSSR count). The lowest BCUT2D eigenvalue weighted by atomic mass is 10.0. The quantitative estimate of drug-likeness (QED) is 0.0639. The zero-order valence-corrected chi connectivity index (χ0v) is 61.6. The fourth-order valence-corrected chi connectivity index (χ4v) is 11.8. The minimum atomic E-state index is -0.973. The fraction of sp³-hybridized carbons (Fsp3) is 0.722. The number of hydrogen-bond donors (Lipinski definition) is 2. The third-order valence-corrected chi connectivity index (χ3v) is 16.3. The first-order chi connectivity index (χ1) is 46.6. The van der Waals surface area contributed by atoms with Crippen LogP contribution in [0.25, 0.3) is 0 Å². The zero-order chi connectivity index (χ0) is 72.8. The van der Waals surface area contributed by atoms with Gasteiger partial charge in [0.15, 0.2) is 0 Å². The highest BCUT2D eigenvalue weighted by atomic mass is 16.6. The smallest absolute Gasteiger partial charge is 0.323 e. The van der Waals surface area contributed by atoms with Gasteiger partial charge in [0.2, 0.25) is 0 Å². The van der Waals surface area contributed by atoms with E-state index < -0.39 is 53.3 Å². The van der Waals surface area contributed by atoms with E-state index in [1.807, 2.05) is 147 Å². The average Bonchev–Trinajstić information content (AvgIpc) is 0.856. The average molecular weight is 1390 g/mol. The van der Waals surface area contributed by atoms with Crippen molar-refractivity contribution in [3.8, 4) is 11.5 Å². The van der Waals surface area contributed by atoms with Crippen LogP contribution in [-0.4, -0.2) is 303 Å². The second-order valence-corrected chi connectivity index (χ2v) is 26.4. The summed E-state index contributed by atoms with van der Waals surface area (Å²) >= 11 is 0. The molecule has 26 nitrogen and oxygen atoms in total. The van der Waals surface area contributed by atoms with Crippen LogP contribution in [0.4, 0.5) is 0 Å². The normalized spacial score (nSPS) is 17.6. The first-order valence-corrected chi connectivity index (χ1v) is 35.4. The van der Waals surface area contributed by atoms with Crippen LogP contribution in [0.1, 0.15) is 134 Å². The maximum absolute atomic E-state index is 13.7. The van der Waals surface area contributed by atoms with E-state index in [0.717, 1.165) is 35.5 Å². The van der Waals surface area contributed by atoms with Gasteiger partial charge in [0.05, 0.1) is 65.8 Å². The number of carboxylic acid groups (broad SMARTS) is 2. The third kappa shape index (κ3) is 34.0. The van der Waals surface area contributed by atoms with Gasteiger partial charge >= 0.3 is 47.8 Å². The molecule has 4 unspecified atom stereocenters. The number of ether oxygens (including phenoxy) is 8. The second-order valence-electron chi connectivity index (χ2n) is 26.4. The van der Waals surface area contributed by atoms with Crippen LogP contribution in [0, 0.1) is 0 Å². The number of carbonyl (C=O) groups is 8. The molecule has 2 N–H and O–H groups in total. The van der Waals surface area contributed by atoms with Crippen molar-refractivity contribution in [2.75, 3.05) is 171 Å². The number of nitrogens with zero attached hydrogens (tertiary/aromatic N) is 8. The summed E-state index contributed by atoms with van der Waals surface area (Å²) in [6.07, 6.45) is 3.46. The number of esters is 6. The lowest BCUT2D eigenvalue weighted by Crippen LogP contribution is -2.54. The highest BCUT2D eigenvalue weighted by Gasteiger charge is 2.35. The van der Waals surface area contributed by atoms with Crippen molar-refractivity contribution in [1.29, 1.82) is 0 Å². The molecule has 0 radical (unpaired) electrons. The van der Waals surface area contributed by atoms with E-state index >= 15 is 0 Å². The summed E-state index contributed by atoms with van der Waals surface area (Å²) in [5.74, 6) is -2.51. The first kappa shape index (κ1) is 85.7. The Balaban J connectivity index is 0.000000517. The van der Waals surface area contributed by atoms with E-state index in [9.17, 15) is 48.6 Å². The maximum atomic E-state index is 13.7. The molecule has 0 amide bonds. The summed E-state index contributed by atoms with van der Waals surface area (Å²) in [6.45, 7) is 34.3. The molecule has 4 atom stereocenters. The van der Waals surface area contributed by atoms with Gasteiger partial charge in [-0.05, 0) is 144 Å². The second kappa shape index (κ2) is 46.0. The summed E-state index contributed by atoms with van der Waals surface area (Å²) < 4.78 is 44.6. The van der Waals surface area contributed by atoms with E-state index in [1.165, 1.54) is 0 Å². The minimum Gasteiger partial charge on any atom is -0.494 e. The molecule has 0 bridgehead atoms. The molecule has 26 heteroatoms. The molecule has 0 aromatic heterocycles. The van der Waals surface area contributed by atoms with Crippen LogP contribution < -0.4 is 9.47 Å². The summed E-state index contributed by atoms with van der Waals surface area (Å²) in [5.41, 5.74) is 0.555. The van der Waals surface area contributed by atoms with Gasteiger partial charge in [0.25, 0.3) is 0 Å². The van der Waals surface area contributed by atoms with Gasteiger partial charge in [-0.1, -0.05) is 51.0 Å². The van der Waals surface area contributed by atoms with E-state index in [-0.39, 0.29) is 82.5 Å². The molecule has 2 aliphatic heterocycles. The number of rotatable bonds is 32. The van der Waals surface area contributed by atoms with Crippen LogP contribution in [0.5, 0.6) is 11.5 Å². The Bertz CT molecular complexity index is 2600.